The van der Waals surface area contributed by atoms with Crippen LogP contribution in [0.25, 0.3) is 0 Å². The van der Waals surface area contributed by atoms with E-state index in [0.717, 1.165) is 0 Å². The molecule has 0 rings (SSSR count). The maximum atomic E-state index is 12.1. The fraction of sp³-hybridized carbons (Fsp3) is 0.833. The highest BCUT2D eigenvalue weighted by Crippen LogP contribution is 2.28. The number of carbonyl (C=O) groups is 2. The summed E-state index contributed by atoms with van der Waals surface area (Å²) < 4.78 is 0. The fourth-order valence-corrected chi connectivity index (χ4v) is 1.06. The normalized spacial score (nSPS) is 14.1. The van der Waals surface area contributed by atoms with Crippen molar-refractivity contribution in [3.63, 3.8) is 0 Å². The van der Waals surface area contributed by atoms with Crippen molar-refractivity contribution in [2.24, 2.45) is 11.1 Å². The third-order valence-electron chi connectivity index (χ3n) is 3.27. The molecule has 0 aromatic heterocycles. The average Bonchev–Trinajstić information content (AvgIpc) is 2.15. The summed E-state index contributed by atoms with van der Waals surface area (Å²) in [6, 6.07) is -0.552. The van der Waals surface area contributed by atoms with Crippen LogP contribution in [0, 0.1) is 5.41 Å². The molecular weight excluding hydrogens is 218 g/mol. The van der Waals surface area contributed by atoms with E-state index < -0.39 is 17.0 Å². The Balaban J connectivity index is 4.61. The highest BCUT2D eigenvalue weighted by molar-refractivity contribution is 5.90. The van der Waals surface area contributed by atoms with E-state index in [-0.39, 0.29) is 11.8 Å². The summed E-state index contributed by atoms with van der Waals surface area (Å²) in [5.74, 6) is -0.407. The molecule has 4 N–H and O–H groups in total. The van der Waals surface area contributed by atoms with E-state index in [9.17, 15) is 9.59 Å². The van der Waals surface area contributed by atoms with E-state index in [4.69, 9.17) is 5.73 Å². The van der Waals surface area contributed by atoms with Gasteiger partial charge >= 0.3 is 0 Å². The molecule has 2 amide bonds. The molecule has 0 aliphatic carbocycles. The van der Waals surface area contributed by atoms with Crippen LogP contribution in [-0.4, -0.2) is 29.9 Å². The largest absolute Gasteiger partial charge is 0.355 e. The van der Waals surface area contributed by atoms with Crippen LogP contribution in [0.1, 0.15) is 41.5 Å². The van der Waals surface area contributed by atoms with Crippen LogP contribution in [0.15, 0.2) is 0 Å². The van der Waals surface area contributed by atoms with Gasteiger partial charge in [-0.05, 0) is 41.5 Å². The minimum absolute atomic E-state index is 0.188. The van der Waals surface area contributed by atoms with Crippen LogP contribution in [-0.2, 0) is 9.59 Å². The average molecular weight is 243 g/mol. The summed E-state index contributed by atoms with van der Waals surface area (Å²) in [5.41, 5.74) is 4.57. The monoisotopic (exact) mass is 243 g/mol. The van der Waals surface area contributed by atoms with Gasteiger partial charge in [0.15, 0.2) is 0 Å². The maximum Gasteiger partial charge on any atom is 0.242 e. The lowest BCUT2D eigenvalue weighted by Crippen LogP contribution is -2.58. The van der Waals surface area contributed by atoms with Crippen LogP contribution < -0.4 is 16.4 Å². The van der Waals surface area contributed by atoms with Crippen molar-refractivity contribution in [1.82, 2.24) is 10.6 Å². The molecule has 0 aliphatic heterocycles. The zero-order chi connectivity index (χ0) is 13.9. The van der Waals surface area contributed by atoms with Crippen molar-refractivity contribution in [1.29, 1.82) is 0 Å². The Bertz CT molecular complexity index is 293. The molecule has 1 atom stereocenters. The number of carbonyl (C=O) groups excluding carboxylic acids is 2. The Morgan fingerprint density at radius 3 is 2.06 bits per heavy atom. The predicted octanol–water partition coefficient (Wildman–Crippen LogP) is 0.391. The van der Waals surface area contributed by atoms with Gasteiger partial charge in [0, 0.05) is 12.1 Å². The molecule has 1 unspecified atom stereocenters. The Morgan fingerprint density at radius 2 is 1.71 bits per heavy atom. The molecule has 5 nitrogen and oxygen atoms in total. The van der Waals surface area contributed by atoms with Gasteiger partial charge in [0.05, 0.1) is 5.41 Å². The van der Waals surface area contributed by atoms with Gasteiger partial charge in [-0.2, -0.15) is 0 Å². The Labute approximate surface area is 104 Å². The predicted molar refractivity (Wildman–Crippen MR) is 68.3 cm³/mol. The van der Waals surface area contributed by atoms with E-state index >= 15 is 0 Å². The third kappa shape index (κ3) is 4.00. The molecule has 0 fully saturated rings. The maximum absolute atomic E-state index is 12.1. The van der Waals surface area contributed by atoms with Crippen LogP contribution in [0.3, 0.4) is 0 Å². The number of hydrogen-bond acceptors (Lipinski definition) is 3. The van der Waals surface area contributed by atoms with Gasteiger partial charge in [-0.3, -0.25) is 9.59 Å². The van der Waals surface area contributed by atoms with Crippen LogP contribution in [0.4, 0.5) is 0 Å². The molecule has 0 heterocycles. The Hall–Kier alpha value is -1.10. The molecule has 0 spiro atoms. The van der Waals surface area contributed by atoms with Crippen molar-refractivity contribution in [3.8, 4) is 0 Å². The minimum Gasteiger partial charge on any atom is -0.355 e. The lowest BCUT2D eigenvalue weighted by molar-refractivity contribution is -0.136. The molecule has 0 saturated heterocycles. The second kappa shape index (κ2) is 5.49. The molecule has 100 valence electrons. The molecule has 0 radical (unpaired) electrons. The lowest BCUT2D eigenvalue weighted by atomic mass is 9.74. The summed E-state index contributed by atoms with van der Waals surface area (Å²) in [5, 5.41) is 5.34. The van der Waals surface area contributed by atoms with E-state index in [1.807, 2.05) is 6.92 Å². The van der Waals surface area contributed by atoms with Crippen LogP contribution in [0.5, 0.6) is 0 Å². The summed E-state index contributed by atoms with van der Waals surface area (Å²) >= 11 is 0. The van der Waals surface area contributed by atoms with Crippen molar-refractivity contribution in [2.45, 2.75) is 53.1 Å². The second-order valence-electron chi connectivity index (χ2n) is 5.44. The minimum atomic E-state index is -0.742. The van der Waals surface area contributed by atoms with E-state index in [2.05, 4.69) is 10.6 Å². The van der Waals surface area contributed by atoms with Crippen LogP contribution in [0.2, 0.25) is 0 Å². The second-order valence-corrected chi connectivity index (χ2v) is 5.44. The molecule has 0 aromatic rings. The van der Waals surface area contributed by atoms with E-state index in [0.29, 0.717) is 6.54 Å². The zero-order valence-electron chi connectivity index (χ0n) is 11.7. The number of nitrogens with one attached hydrogen (secondary N) is 2. The summed E-state index contributed by atoms with van der Waals surface area (Å²) in [7, 11) is 0. The summed E-state index contributed by atoms with van der Waals surface area (Å²) in [6.07, 6.45) is 0. The molecule has 5 heteroatoms. The zero-order valence-corrected chi connectivity index (χ0v) is 11.7. The SMILES string of the molecule is CCNC(=O)C(C)NC(=O)C(C)(C)C(C)(C)N. The highest BCUT2D eigenvalue weighted by Gasteiger charge is 2.41. The lowest BCUT2D eigenvalue weighted by Gasteiger charge is -2.37. The first-order valence-electron chi connectivity index (χ1n) is 5.91. The van der Waals surface area contributed by atoms with Crippen molar-refractivity contribution < 1.29 is 9.59 Å². The van der Waals surface area contributed by atoms with Crippen molar-refractivity contribution in [3.05, 3.63) is 0 Å². The van der Waals surface area contributed by atoms with Gasteiger partial charge in [0.25, 0.3) is 0 Å². The third-order valence-corrected chi connectivity index (χ3v) is 3.27. The number of amides is 2. The molecule has 0 aliphatic rings. The van der Waals surface area contributed by atoms with E-state index in [1.54, 1.807) is 34.6 Å². The first kappa shape index (κ1) is 15.9. The van der Waals surface area contributed by atoms with E-state index in [1.165, 1.54) is 0 Å². The molecule has 0 bridgehead atoms. The first-order chi connectivity index (χ1) is 7.54. The van der Waals surface area contributed by atoms with Crippen LogP contribution >= 0.6 is 0 Å². The van der Waals surface area contributed by atoms with Gasteiger partial charge < -0.3 is 16.4 Å². The summed E-state index contributed by atoms with van der Waals surface area (Å²) in [4.78, 5) is 23.6. The molecular formula is C12H25N3O2. The summed E-state index contributed by atoms with van der Waals surface area (Å²) in [6.45, 7) is 11.2. The van der Waals surface area contributed by atoms with Crippen molar-refractivity contribution >= 4 is 11.8 Å². The van der Waals surface area contributed by atoms with Gasteiger partial charge in [0.2, 0.25) is 11.8 Å². The van der Waals surface area contributed by atoms with Gasteiger partial charge in [-0.25, -0.2) is 0 Å². The Kier molecular flexibility index (Phi) is 5.13. The molecule has 0 saturated carbocycles. The quantitative estimate of drug-likeness (QED) is 0.653. The number of rotatable bonds is 5. The Morgan fingerprint density at radius 1 is 1.24 bits per heavy atom. The number of likely N-dealkylation sites (N-methyl/N-ethyl adjacent to an activating group) is 1. The molecule has 0 aromatic carbocycles. The van der Waals surface area contributed by atoms with Crippen molar-refractivity contribution in [2.75, 3.05) is 6.54 Å². The van der Waals surface area contributed by atoms with Gasteiger partial charge in [-0.15, -0.1) is 0 Å². The topological polar surface area (TPSA) is 84.2 Å². The first-order valence-corrected chi connectivity index (χ1v) is 5.91. The molecule has 17 heavy (non-hydrogen) atoms. The smallest absolute Gasteiger partial charge is 0.242 e. The number of hydrogen-bond donors (Lipinski definition) is 3. The van der Waals surface area contributed by atoms with Gasteiger partial charge in [-0.1, -0.05) is 0 Å². The fourth-order valence-electron chi connectivity index (χ4n) is 1.06. The number of nitrogens with two attached hydrogens (primary N) is 1. The highest BCUT2D eigenvalue weighted by atomic mass is 16.2. The standard InChI is InChI=1S/C12H25N3O2/c1-7-14-9(16)8(2)15-10(17)11(3,4)12(5,6)13/h8H,7,13H2,1-6H3,(H,14,16)(H,15,17). The van der Waals surface area contributed by atoms with Gasteiger partial charge in [0.1, 0.15) is 6.04 Å².